The molecule has 2 N–H and O–H groups in total. The van der Waals surface area contributed by atoms with Crippen molar-refractivity contribution >= 4 is 26.8 Å². The van der Waals surface area contributed by atoms with Crippen molar-refractivity contribution in [1.82, 2.24) is 4.72 Å². The van der Waals surface area contributed by atoms with Gasteiger partial charge in [-0.1, -0.05) is 54.6 Å². The molecule has 0 bridgehead atoms. The summed E-state index contributed by atoms with van der Waals surface area (Å²) in [6.45, 7) is 1.64. The minimum Gasteiger partial charge on any atom is -0.489 e. The molecule has 2 aliphatic rings. The zero-order valence-corrected chi connectivity index (χ0v) is 17.8. The van der Waals surface area contributed by atoms with Gasteiger partial charge in [0.1, 0.15) is 11.9 Å². The first-order valence-electron chi connectivity index (χ1n) is 10.4. The van der Waals surface area contributed by atoms with E-state index >= 15 is 0 Å². The first-order chi connectivity index (χ1) is 14.9. The Hall–Kier alpha value is -2.90. The minimum absolute atomic E-state index is 0.138. The zero-order valence-electron chi connectivity index (χ0n) is 17.0. The van der Waals surface area contributed by atoms with E-state index in [0.717, 1.165) is 10.9 Å². The highest BCUT2D eigenvalue weighted by molar-refractivity contribution is 7.89. The predicted molar refractivity (Wildman–Crippen MR) is 117 cm³/mol. The number of carbonyl (C=O) groups is 1. The Morgan fingerprint density at radius 3 is 2.61 bits per heavy atom. The molecule has 4 unspecified atom stereocenters. The van der Waals surface area contributed by atoms with Gasteiger partial charge in [0.2, 0.25) is 10.0 Å². The quantitative estimate of drug-likeness (QED) is 0.629. The summed E-state index contributed by atoms with van der Waals surface area (Å²) in [7, 11) is -3.75. The van der Waals surface area contributed by atoms with Crippen molar-refractivity contribution in [3.05, 3.63) is 71.8 Å². The standard InChI is InChI=1S/C24H23NO5S/c1-14(24(26)27)16-9-5-10-18-22-19(12-13-20(22)30-23(16)18)25-31(28,29)21-11-4-7-15-6-2-3-8-17(15)21/h2-11,14,19-20,22,25H,12-13H2,1H3,(H,26,27). The lowest BCUT2D eigenvalue weighted by Crippen LogP contribution is -2.37. The number of fused-ring (bicyclic) bond motifs is 4. The Labute approximate surface area is 180 Å². The van der Waals surface area contributed by atoms with Crippen LogP contribution >= 0.6 is 0 Å². The van der Waals surface area contributed by atoms with Gasteiger partial charge in [0.15, 0.2) is 0 Å². The lowest BCUT2D eigenvalue weighted by molar-refractivity contribution is -0.138. The largest absolute Gasteiger partial charge is 0.489 e. The molecular weight excluding hydrogens is 414 g/mol. The molecule has 3 aromatic carbocycles. The summed E-state index contributed by atoms with van der Waals surface area (Å²) in [5, 5.41) is 11.0. The third kappa shape index (κ3) is 3.28. The van der Waals surface area contributed by atoms with Crippen molar-refractivity contribution < 1.29 is 23.1 Å². The molecule has 160 valence electrons. The van der Waals surface area contributed by atoms with Crippen LogP contribution in [0.1, 0.15) is 42.7 Å². The number of benzene rings is 3. The summed E-state index contributed by atoms with van der Waals surface area (Å²) in [5.41, 5.74) is 1.52. The molecule has 1 aliphatic heterocycles. The third-order valence-electron chi connectivity index (χ3n) is 6.48. The van der Waals surface area contributed by atoms with Gasteiger partial charge in [-0.3, -0.25) is 4.79 Å². The van der Waals surface area contributed by atoms with Crippen molar-refractivity contribution in [1.29, 1.82) is 0 Å². The van der Waals surface area contributed by atoms with Crippen molar-refractivity contribution in [2.75, 3.05) is 0 Å². The van der Waals surface area contributed by atoms with Gasteiger partial charge in [-0.05, 0) is 31.2 Å². The average molecular weight is 438 g/mol. The molecule has 1 heterocycles. The number of carboxylic acids is 1. The van der Waals surface area contributed by atoms with Gasteiger partial charge in [0.25, 0.3) is 0 Å². The number of ether oxygens (including phenoxy) is 1. The second kappa shape index (κ2) is 7.35. The fourth-order valence-corrected chi connectivity index (χ4v) is 6.46. The van der Waals surface area contributed by atoms with Gasteiger partial charge in [-0.15, -0.1) is 0 Å². The van der Waals surface area contributed by atoms with E-state index in [0.29, 0.717) is 29.5 Å². The molecule has 0 amide bonds. The van der Waals surface area contributed by atoms with Crippen LogP contribution in [0.4, 0.5) is 0 Å². The molecule has 3 aromatic rings. The van der Waals surface area contributed by atoms with Crippen molar-refractivity contribution in [2.24, 2.45) is 0 Å². The molecule has 0 saturated heterocycles. The first kappa shape index (κ1) is 20.0. The van der Waals surface area contributed by atoms with Crippen LogP contribution in [0.25, 0.3) is 10.8 Å². The van der Waals surface area contributed by atoms with E-state index in [9.17, 15) is 18.3 Å². The molecule has 6 nitrogen and oxygen atoms in total. The topological polar surface area (TPSA) is 92.7 Å². The summed E-state index contributed by atoms with van der Waals surface area (Å²) >= 11 is 0. The second-order valence-corrected chi connectivity index (χ2v) is 9.97. The average Bonchev–Trinajstić information content (AvgIpc) is 3.32. The minimum atomic E-state index is -3.75. The molecule has 31 heavy (non-hydrogen) atoms. The number of carboxylic acid groups (broad SMARTS) is 1. The van der Waals surface area contributed by atoms with Crippen LogP contribution in [-0.4, -0.2) is 31.6 Å². The van der Waals surface area contributed by atoms with Crippen LogP contribution in [0.3, 0.4) is 0 Å². The van der Waals surface area contributed by atoms with Crippen LogP contribution in [0.15, 0.2) is 65.6 Å². The fourth-order valence-electron chi connectivity index (χ4n) is 4.93. The molecule has 1 aliphatic carbocycles. The van der Waals surface area contributed by atoms with Gasteiger partial charge in [0, 0.05) is 28.5 Å². The zero-order chi connectivity index (χ0) is 21.8. The number of para-hydroxylation sites is 1. The van der Waals surface area contributed by atoms with E-state index in [2.05, 4.69) is 4.72 Å². The van der Waals surface area contributed by atoms with Crippen LogP contribution in [-0.2, 0) is 14.8 Å². The van der Waals surface area contributed by atoms with Crippen molar-refractivity contribution in [2.45, 2.75) is 48.6 Å². The summed E-state index contributed by atoms with van der Waals surface area (Å²) in [4.78, 5) is 11.8. The highest BCUT2D eigenvalue weighted by Crippen LogP contribution is 2.50. The lowest BCUT2D eigenvalue weighted by atomic mass is 9.90. The Morgan fingerprint density at radius 2 is 1.81 bits per heavy atom. The predicted octanol–water partition coefficient (Wildman–Crippen LogP) is 4.01. The van der Waals surface area contributed by atoms with E-state index in [1.165, 1.54) is 0 Å². The van der Waals surface area contributed by atoms with Gasteiger partial charge < -0.3 is 9.84 Å². The van der Waals surface area contributed by atoms with Gasteiger partial charge in [-0.2, -0.15) is 0 Å². The van der Waals surface area contributed by atoms with Gasteiger partial charge in [0.05, 0.1) is 10.8 Å². The van der Waals surface area contributed by atoms with E-state index in [1.54, 1.807) is 25.1 Å². The Balaban J connectivity index is 1.49. The maximum atomic E-state index is 13.3. The third-order valence-corrected chi connectivity index (χ3v) is 8.03. The number of nitrogens with one attached hydrogen (secondary N) is 1. The molecular formula is C24H23NO5S. The van der Waals surface area contributed by atoms with Crippen LogP contribution in [0, 0.1) is 0 Å². The molecule has 5 rings (SSSR count). The maximum Gasteiger partial charge on any atom is 0.310 e. The Morgan fingerprint density at radius 1 is 1.06 bits per heavy atom. The van der Waals surface area contributed by atoms with Crippen LogP contribution < -0.4 is 9.46 Å². The number of hydrogen-bond donors (Lipinski definition) is 2. The lowest BCUT2D eigenvalue weighted by Gasteiger charge is -2.20. The fraction of sp³-hybridized carbons (Fsp3) is 0.292. The van der Waals surface area contributed by atoms with Gasteiger partial charge in [-0.25, -0.2) is 13.1 Å². The number of hydrogen-bond acceptors (Lipinski definition) is 4. The second-order valence-electron chi connectivity index (χ2n) is 8.29. The molecule has 0 aromatic heterocycles. The van der Waals surface area contributed by atoms with Crippen LogP contribution in [0.2, 0.25) is 0 Å². The summed E-state index contributed by atoms with van der Waals surface area (Å²) in [6.07, 6.45) is 1.22. The summed E-state index contributed by atoms with van der Waals surface area (Å²) in [6, 6.07) is 17.9. The first-order valence-corrected chi connectivity index (χ1v) is 11.9. The van der Waals surface area contributed by atoms with Crippen LogP contribution in [0.5, 0.6) is 5.75 Å². The Kier molecular flexibility index (Phi) is 4.75. The van der Waals surface area contributed by atoms with E-state index < -0.39 is 21.9 Å². The normalized spacial score (nSPS) is 23.2. The van der Waals surface area contributed by atoms with Crippen molar-refractivity contribution in [3.8, 4) is 5.75 Å². The molecule has 0 spiro atoms. The molecule has 7 heteroatoms. The van der Waals surface area contributed by atoms with Gasteiger partial charge >= 0.3 is 5.97 Å². The SMILES string of the molecule is CC(C(=O)O)c1cccc2c1OC1CCC(NS(=O)(=O)c3cccc4ccccc34)C21. The number of rotatable bonds is 5. The monoisotopic (exact) mass is 437 g/mol. The van der Waals surface area contributed by atoms with E-state index in [4.69, 9.17) is 4.74 Å². The van der Waals surface area contributed by atoms with Crippen molar-refractivity contribution in [3.63, 3.8) is 0 Å². The van der Waals surface area contributed by atoms with E-state index in [1.807, 2.05) is 42.5 Å². The van der Waals surface area contributed by atoms with E-state index in [-0.39, 0.29) is 23.0 Å². The highest BCUT2D eigenvalue weighted by atomic mass is 32.2. The Bertz CT molecular complexity index is 1280. The summed E-state index contributed by atoms with van der Waals surface area (Å²) in [5.74, 6) is -1.15. The highest BCUT2D eigenvalue weighted by Gasteiger charge is 2.47. The number of aliphatic carboxylic acids is 1. The molecule has 4 atom stereocenters. The molecule has 1 saturated carbocycles. The maximum absolute atomic E-state index is 13.3. The summed E-state index contributed by atoms with van der Waals surface area (Å²) < 4.78 is 35.8. The smallest absolute Gasteiger partial charge is 0.310 e. The number of sulfonamides is 1. The molecule has 1 fully saturated rings. The molecule has 0 radical (unpaired) electrons.